The van der Waals surface area contributed by atoms with Gasteiger partial charge >= 0.3 is 0 Å². The molecular weight excluding hydrogens is 388 g/mol. The van der Waals surface area contributed by atoms with Crippen LogP contribution in [0.5, 0.6) is 0 Å². The van der Waals surface area contributed by atoms with E-state index >= 15 is 0 Å². The lowest BCUT2D eigenvalue weighted by molar-refractivity contribution is 0.0949. The second-order valence-corrected chi connectivity index (χ2v) is 8.85. The van der Waals surface area contributed by atoms with Crippen LogP contribution in [0.15, 0.2) is 48.8 Å². The normalized spacial score (nSPS) is 13.3. The van der Waals surface area contributed by atoms with Crippen LogP contribution < -0.4 is 5.32 Å². The standard InChI is InChI=1S/C22H24N2O2S2/c1-2-26-14-17-8-4-3-7-16(17)13-23-21(25)20-18-9-12-27-15-19(18)28-22(20)24-10-5-6-11-24/h3-8,10-11H,2,9,12-15H2,1H3,(H,23,25). The van der Waals surface area contributed by atoms with Gasteiger partial charge in [0.25, 0.3) is 5.91 Å². The first-order chi connectivity index (χ1) is 13.8. The molecule has 28 heavy (non-hydrogen) atoms. The van der Waals surface area contributed by atoms with Crippen molar-refractivity contribution in [2.45, 2.75) is 32.2 Å². The topological polar surface area (TPSA) is 43.3 Å². The number of amides is 1. The van der Waals surface area contributed by atoms with Crippen molar-refractivity contribution in [1.82, 2.24) is 9.88 Å². The van der Waals surface area contributed by atoms with Crippen molar-refractivity contribution in [3.8, 4) is 5.00 Å². The van der Waals surface area contributed by atoms with Crippen LogP contribution in [-0.4, -0.2) is 22.8 Å². The molecule has 6 heteroatoms. The molecule has 4 rings (SSSR count). The van der Waals surface area contributed by atoms with Gasteiger partial charge in [-0.15, -0.1) is 11.3 Å². The van der Waals surface area contributed by atoms with Crippen LogP contribution in [0.3, 0.4) is 0 Å². The minimum atomic E-state index is 0.0133. The third-order valence-electron chi connectivity index (χ3n) is 4.89. The number of nitrogens with one attached hydrogen (secondary N) is 1. The number of rotatable bonds is 7. The van der Waals surface area contributed by atoms with Crippen molar-refractivity contribution in [1.29, 1.82) is 0 Å². The van der Waals surface area contributed by atoms with Crippen LogP contribution in [0.4, 0.5) is 0 Å². The quantitative estimate of drug-likeness (QED) is 0.606. The maximum absolute atomic E-state index is 13.2. The van der Waals surface area contributed by atoms with Crippen molar-refractivity contribution in [2.24, 2.45) is 0 Å². The highest BCUT2D eigenvalue weighted by Gasteiger charge is 2.26. The lowest BCUT2D eigenvalue weighted by Crippen LogP contribution is -2.25. The zero-order valence-corrected chi connectivity index (χ0v) is 17.6. The molecule has 0 atom stereocenters. The fraction of sp³-hybridized carbons (Fsp3) is 0.318. The van der Waals surface area contributed by atoms with Gasteiger partial charge in [0.2, 0.25) is 0 Å². The molecule has 1 aromatic carbocycles. The van der Waals surface area contributed by atoms with Crippen LogP contribution in [0.25, 0.3) is 5.00 Å². The molecule has 2 aromatic heterocycles. The van der Waals surface area contributed by atoms with Crippen LogP contribution in [0.1, 0.15) is 38.8 Å². The second-order valence-electron chi connectivity index (χ2n) is 6.67. The lowest BCUT2D eigenvalue weighted by Gasteiger charge is -2.14. The number of fused-ring (bicyclic) bond motifs is 1. The summed E-state index contributed by atoms with van der Waals surface area (Å²) in [4.78, 5) is 14.6. The van der Waals surface area contributed by atoms with Gasteiger partial charge in [-0.05, 0) is 47.9 Å². The average Bonchev–Trinajstić information content (AvgIpc) is 3.38. The Morgan fingerprint density at radius 1 is 1.18 bits per heavy atom. The molecule has 0 saturated carbocycles. The SMILES string of the molecule is CCOCc1ccccc1CNC(=O)c1c(-n2cccc2)sc2c1CCSC2. The fourth-order valence-electron chi connectivity index (χ4n) is 3.45. The molecule has 1 N–H and O–H groups in total. The van der Waals surface area contributed by atoms with Gasteiger partial charge in [0.1, 0.15) is 5.00 Å². The first-order valence-corrected chi connectivity index (χ1v) is 11.5. The first kappa shape index (κ1) is 19.3. The van der Waals surface area contributed by atoms with Crippen LogP contribution >= 0.6 is 23.1 Å². The molecule has 0 fully saturated rings. The number of thioether (sulfide) groups is 1. The Hall–Kier alpha value is -2.02. The van der Waals surface area contributed by atoms with Crippen LogP contribution in [0, 0.1) is 0 Å². The number of nitrogens with zero attached hydrogens (tertiary/aromatic N) is 1. The van der Waals surface area contributed by atoms with Crippen molar-refractivity contribution < 1.29 is 9.53 Å². The molecule has 0 radical (unpaired) electrons. The molecule has 146 valence electrons. The van der Waals surface area contributed by atoms with Gasteiger partial charge in [0.15, 0.2) is 0 Å². The summed E-state index contributed by atoms with van der Waals surface area (Å²) in [6.07, 6.45) is 4.98. The van der Waals surface area contributed by atoms with Crippen molar-refractivity contribution in [3.63, 3.8) is 0 Å². The molecule has 0 unspecified atom stereocenters. The Morgan fingerprint density at radius 3 is 2.75 bits per heavy atom. The highest BCUT2D eigenvalue weighted by molar-refractivity contribution is 7.98. The van der Waals surface area contributed by atoms with Gasteiger partial charge in [0, 0.05) is 36.2 Å². The highest BCUT2D eigenvalue weighted by Crippen LogP contribution is 2.38. The summed E-state index contributed by atoms with van der Waals surface area (Å²) in [6.45, 7) is 3.75. The smallest absolute Gasteiger partial charge is 0.254 e. The molecule has 1 amide bonds. The summed E-state index contributed by atoms with van der Waals surface area (Å²) in [6, 6.07) is 12.1. The predicted octanol–water partition coefficient (Wildman–Crippen LogP) is 4.79. The van der Waals surface area contributed by atoms with Crippen molar-refractivity contribution in [3.05, 3.63) is 75.9 Å². The zero-order chi connectivity index (χ0) is 19.3. The van der Waals surface area contributed by atoms with E-state index in [-0.39, 0.29) is 5.91 Å². The third-order valence-corrected chi connectivity index (χ3v) is 7.30. The Bertz CT molecular complexity index is 948. The van der Waals surface area contributed by atoms with E-state index in [4.69, 9.17) is 4.74 Å². The third kappa shape index (κ3) is 4.04. The van der Waals surface area contributed by atoms with E-state index in [1.807, 2.05) is 55.3 Å². The average molecular weight is 413 g/mol. The monoisotopic (exact) mass is 412 g/mol. The van der Waals surface area contributed by atoms with Gasteiger partial charge in [-0.25, -0.2) is 0 Å². The van der Waals surface area contributed by atoms with E-state index < -0.39 is 0 Å². The predicted molar refractivity (Wildman–Crippen MR) is 116 cm³/mol. The molecule has 0 aliphatic carbocycles. The van der Waals surface area contributed by atoms with E-state index in [9.17, 15) is 4.79 Å². The zero-order valence-electron chi connectivity index (χ0n) is 15.9. The van der Waals surface area contributed by atoms with Gasteiger partial charge in [0.05, 0.1) is 12.2 Å². The number of thiophene rings is 1. The maximum atomic E-state index is 13.2. The summed E-state index contributed by atoms with van der Waals surface area (Å²) in [5, 5.41) is 4.19. The van der Waals surface area contributed by atoms with Gasteiger partial charge in [-0.3, -0.25) is 4.79 Å². The first-order valence-electron chi connectivity index (χ1n) is 9.56. The molecule has 0 bridgehead atoms. The number of hydrogen-bond donors (Lipinski definition) is 1. The molecular formula is C22H24N2O2S2. The summed E-state index contributed by atoms with van der Waals surface area (Å²) >= 11 is 3.69. The van der Waals surface area contributed by atoms with E-state index in [2.05, 4.69) is 22.0 Å². The maximum Gasteiger partial charge on any atom is 0.254 e. The van der Waals surface area contributed by atoms with Crippen LogP contribution in [0.2, 0.25) is 0 Å². The van der Waals surface area contributed by atoms with Crippen molar-refractivity contribution >= 4 is 29.0 Å². The number of ether oxygens (including phenoxy) is 1. The van der Waals surface area contributed by atoms with Gasteiger partial charge in [-0.2, -0.15) is 11.8 Å². The minimum Gasteiger partial charge on any atom is -0.377 e. The molecule has 0 saturated heterocycles. The van der Waals surface area contributed by atoms with E-state index in [1.165, 1.54) is 10.4 Å². The number of carbonyl (C=O) groups is 1. The van der Waals surface area contributed by atoms with E-state index in [0.29, 0.717) is 19.8 Å². The molecule has 3 heterocycles. The second kappa shape index (κ2) is 8.99. The lowest BCUT2D eigenvalue weighted by atomic mass is 10.1. The number of carbonyl (C=O) groups excluding carboxylic acids is 1. The molecule has 0 spiro atoms. The largest absolute Gasteiger partial charge is 0.377 e. The number of benzene rings is 1. The summed E-state index contributed by atoms with van der Waals surface area (Å²) in [5.74, 6) is 2.09. The Balaban J connectivity index is 1.58. The molecule has 3 aromatic rings. The molecule has 1 aliphatic heterocycles. The number of aromatic nitrogens is 1. The van der Waals surface area contributed by atoms with E-state index in [1.54, 1.807) is 11.3 Å². The Labute approximate surface area is 173 Å². The van der Waals surface area contributed by atoms with Gasteiger partial charge in [-0.1, -0.05) is 24.3 Å². The summed E-state index contributed by atoms with van der Waals surface area (Å²) < 4.78 is 7.63. The van der Waals surface area contributed by atoms with Gasteiger partial charge < -0.3 is 14.6 Å². The molecule has 4 nitrogen and oxygen atoms in total. The van der Waals surface area contributed by atoms with E-state index in [0.717, 1.165) is 39.6 Å². The minimum absolute atomic E-state index is 0.0133. The molecule has 1 aliphatic rings. The Kier molecular flexibility index (Phi) is 6.20. The summed E-state index contributed by atoms with van der Waals surface area (Å²) in [5.41, 5.74) is 4.30. The highest BCUT2D eigenvalue weighted by atomic mass is 32.2. The van der Waals surface area contributed by atoms with Crippen LogP contribution in [-0.2, 0) is 30.1 Å². The number of hydrogen-bond acceptors (Lipinski definition) is 4. The summed E-state index contributed by atoms with van der Waals surface area (Å²) in [7, 11) is 0. The van der Waals surface area contributed by atoms with Crippen molar-refractivity contribution in [2.75, 3.05) is 12.4 Å². The Morgan fingerprint density at radius 2 is 1.96 bits per heavy atom. The fourth-order valence-corrected chi connectivity index (χ4v) is 5.89.